The molecule has 0 aliphatic heterocycles. The number of tetrazole rings is 1. The minimum atomic E-state index is -0.782. The van der Waals surface area contributed by atoms with Gasteiger partial charge in [0.25, 0.3) is 0 Å². The van der Waals surface area contributed by atoms with Gasteiger partial charge in [-0.25, -0.2) is 4.79 Å². The lowest BCUT2D eigenvalue weighted by molar-refractivity contribution is -0.141. The lowest BCUT2D eigenvalue weighted by Crippen LogP contribution is -2.18. The number of carbonyl (C=O) groups is 1. The summed E-state index contributed by atoms with van der Waals surface area (Å²) in [5.74, 6) is -0.239. The Morgan fingerprint density at radius 2 is 1.93 bits per heavy atom. The van der Waals surface area contributed by atoms with Gasteiger partial charge in [0.05, 0.1) is 0 Å². The van der Waals surface area contributed by atoms with Gasteiger partial charge in [0.1, 0.15) is 6.04 Å². The number of hydrogen-bond acceptors (Lipinski definition) is 4. The quantitative estimate of drug-likeness (QED) is 0.380. The summed E-state index contributed by atoms with van der Waals surface area (Å²) in [5.41, 5.74) is 3.85. The Bertz CT molecular complexity index is 1130. The van der Waals surface area contributed by atoms with Crippen LogP contribution in [0.1, 0.15) is 45.1 Å². The van der Waals surface area contributed by atoms with E-state index in [0.717, 1.165) is 53.3 Å². The summed E-state index contributed by atoms with van der Waals surface area (Å²) in [6.45, 7) is 2.16. The number of rotatable bonds is 9. The Morgan fingerprint density at radius 3 is 2.67 bits per heavy atom. The summed E-state index contributed by atoms with van der Waals surface area (Å²) in [6, 6.07) is 15.5. The largest absolute Gasteiger partial charge is 0.480 e. The second kappa shape index (κ2) is 8.90. The minimum absolute atomic E-state index is 0.543. The minimum Gasteiger partial charge on any atom is -0.480 e. The molecule has 2 aromatic carbocycles. The number of H-pyrrole nitrogens is 1. The van der Waals surface area contributed by atoms with Gasteiger partial charge in [-0.15, -0.1) is 10.2 Å². The SMILES string of the molecule is CCCCCCC(C(=O)O)n1ccc2cc(-c3ccccc3-c3nn[nH]n3)ccc21. The number of benzene rings is 2. The maximum absolute atomic E-state index is 11.9. The molecule has 0 bridgehead atoms. The molecule has 30 heavy (non-hydrogen) atoms. The number of hydrogen-bond donors (Lipinski definition) is 2. The number of nitrogens with zero attached hydrogens (tertiary/aromatic N) is 4. The van der Waals surface area contributed by atoms with E-state index in [4.69, 9.17) is 0 Å². The van der Waals surface area contributed by atoms with Crippen molar-refractivity contribution in [3.63, 3.8) is 0 Å². The summed E-state index contributed by atoms with van der Waals surface area (Å²) in [6.07, 6.45) is 6.79. The van der Waals surface area contributed by atoms with Gasteiger partial charge in [-0.3, -0.25) is 0 Å². The van der Waals surface area contributed by atoms with E-state index >= 15 is 0 Å². The average Bonchev–Trinajstić information content (AvgIpc) is 3.43. The first-order chi connectivity index (χ1) is 14.7. The highest BCUT2D eigenvalue weighted by molar-refractivity contribution is 5.90. The van der Waals surface area contributed by atoms with E-state index in [1.807, 2.05) is 53.2 Å². The molecule has 0 fully saturated rings. The van der Waals surface area contributed by atoms with Gasteiger partial charge in [0.15, 0.2) is 0 Å². The monoisotopic (exact) mass is 403 g/mol. The zero-order valence-corrected chi connectivity index (χ0v) is 17.0. The van der Waals surface area contributed by atoms with Crippen molar-refractivity contribution in [3.05, 3.63) is 54.7 Å². The molecule has 0 aliphatic rings. The van der Waals surface area contributed by atoms with Gasteiger partial charge in [-0.2, -0.15) is 5.21 Å². The zero-order valence-electron chi connectivity index (χ0n) is 17.0. The molecule has 7 heteroatoms. The lowest BCUT2D eigenvalue weighted by Gasteiger charge is -2.16. The predicted molar refractivity (Wildman–Crippen MR) is 116 cm³/mol. The van der Waals surface area contributed by atoms with Crippen LogP contribution in [0.5, 0.6) is 0 Å². The van der Waals surface area contributed by atoms with Gasteiger partial charge >= 0.3 is 5.97 Å². The Hall–Kier alpha value is -3.48. The average molecular weight is 403 g/mol. The second-order valence-electron chi connectivity index (χ2n) is 7.48. The summed E-state index contributed by atoms with van der Waals surface area (Å²) in [4.78, 5) is 11.9. The number of aromatic amines is 1. The molecule has 4 aromatic rings. The fourth-order valence-electron chi connectivity index (χ4n) is 3.96. The number of unbranched alkanes of at least 4 members (excludes halogenated alkanes) is 3. The van der Waals surface area contributed by atoms with Gasteiger partial charge in [-0.1, -0.05) is 62.9 Å². The van der Waals surface area contributed by atoms with E-state index in [1.54, 1.807) is 0 Å². The zero-order chi connectivity index (χ0) is 20.9. The van der Waals surface area contributed by atoms with Gasteiger partial charge in [0, 0.05) is 22.7 Å². The van der Waals surface area contributed by atoms with Crippen LogP contribution < -0.4 is 0 Å². The molecule has 0 radical (unpaired) electrons. The van der Waals surface area contributed by atoms with Crippen LogP contribution in [0.4, 0.5) is 0 Å². The number of fused-ring (bicyclic) bond motifs is 1. The maximum Gasteiger partial charge on any atom is 0.326 e. The molecule has 7 nitrogen and oxygen atoms in total. The molecule has 2 heterocycles. The van der Waals surface area contributed by atoms with Gasteiger partial charge < -0.3 is 9.67 Å². The molecular formula is C23H25N5O2. The number of aliphatic carboxylic acids is 1. The van der Waals surface area contributed by atoms with Crippen molar-refractivity contribution < 1.29 is 9.90 Å². The van der Waals surface area contributed by atoms with Crippen LogP contribution in [0.15, 0.2) is 54.7 Å². The van der Waals surface area contributed by atoms with E-state index in [0.29, 0.717) is 12.2 Å². The number of carboxylic acids is 1. The van der Waals surface area contributed by atoms with E-state index in [9.17, 15) is 9.90 Å². The third kappa shape index (κ3) is 3.96. The van der Waals surface area contributed by atoms with Crippen molar-refractivity contribution in [3.8, 4) is 22.5 Å². The molecule has 2 aromatic heterocycles. The summed E-state index contributed by atoms with van der Waals surface area (Å²) < 4.78 is 1.89. The molecule has 0 amide bonds. The predicted octanol–water partition coefficient (Wildman–Crippen LogP) is 5.08. The van der Waals surface area contributed by atoms with Crippen LogP contribution >= 0.6 is 0 Å². The first kappa shape index (κ1) is 19.8. The van der Waals surface area contributed by atoms with E-state index < -0.39 is 12.0 Å². The van der Waals surface area contributed by atoms with Crippen LogP contribution in [0, 0.1) is 0 Å². The van der Waals surface area contributed by atoms with Crippen molar-refractivity contribution in [2.24, 2.45) is 0 Å². The first-order valence-electron chi connectivity index (χ1n) is 10.4. The highest BCUT2D eigenvalue weighted by Crippen LogP contribution is 2.33. The van der Waals surface area contributed by atoms with E-state index in [2.05, 4.69) is 33.6 Å². The molecular weight excluding hydrogens is 378 g/mol. The number of aromatic nitrogens is 5. The summed E-state index contributed by atoms with van der Waals surface area (Å²) in [7, 11) is 0. The van der Waals surface area contributed by atoms with Crippen molar-refractivity contribution in [2.45, 2.75) is 45.1 Å². The van der Waals surface area contributed by atoms with Crippen LogP contribution in [0.25, 0.3) is 33.4 Å². The van der Waals surface area contributed by atoms with Crippen LogP contribution in [-0.2, 0) is 4.79 Å². The third-order valence-corrected chi connectivity index (χ3v) is 5.50. The van der Waals surface area contributed by atoms with Gasteiger partial charge in [-0.05, 0) is 41.0 Å². The molecule has 0 saturated heterocycles. The fourth-order valence-corrected chi connectivity index (χ4v) is 3.96. The highest BCUT2D eigenvalue weighted by Gasteiger charge is 2.21. The fraction of sp³-hybridized carbons (Fsp3) is 0.304. The summed E-state index contributed by atoms with van der Waals surface area (Å²) >= 11 is 0. The molecule has 0 spiro atoms. The van der Waals surface area contributed by atoms with Crippen LogP contribution in [0.2, 0.25) is 0 Å². The second-order valence-corrected chi connectivity index (χ2v) is 7.48. The highest BCUT2D eigenvalue weighted by atomic mass is 16.4. The summed E-state index contributed by atoms with van der Waals surface area (Å²) in [5, 5.41) is 25.2. The van der Waals surface area contributed by atoms with Crippen molar-refractivity contribution in [1.82, 2.24) is 25.2 Å². The number of carboxylic acid groups (broad SMARTS) is 1. The molecule has 4 rings (SSSR count). The Labute approximate surface area is 174 Å². The standard InChI is InChI=1S/C23H25N5O2/c1-2-3-4-5-10-21(23(29)30)28-14-13-17-15-16(11-12-20(17)28)18-8-6-7-9-19(18)22-24-26-27-25-22/h6-9,11-15,21H,2-5,10H2,1H3,(H,29,30)(H,24,25,26,27). The molecule has 0 saturated carbocycles. The molecule has 154 valence electrons. The third-order valence-electron chi connectivity index (χ3n) is 5.50. The van der Waals surface area contributed by atoms with Crippen molar-refractivity contribution in [2.75, 3.05) is 0 Å². The molecule has 2 N–H and O–H groups in total. The first-order valence-corrected chi connectivity index (χ1v) is 10.4. The Morgan fingerprint density at radius 1 is 1.10 bits per heavy atom. The number of nitrogens with one attached hydrogen (secondary N) is 1. The lowest BCUT2D eigenvalue weighted by atomic mass is 9.98. The molecule has 0 aliphatic carbocycles. The van der Waals surface area contributed by atoms with Crippen LogP contribution in [0.3, 0.4) is 0 Å². The van der Waals surface area contributed by atoms with E-state index in [1.165, 1.54) is 0 Å². The topological polar surface area (TPSA) is 96.7 Å². The Balaban J connectivity index is 1.67. The van der Waals surface area contributed by atoms with Gasteiger partial charge in [0.2, 0.25) is 5.82 Å². The van der Waals surface area contributed by atoms with Crippen LogP contribution in [-0.4, -0.2) is 36.3 Å². The van der Waals surface area contributed by atoms with Crippen molar-refractivity contribution >= 4 is 16.9 Å². The molecule has 1 atom stereocenters. The Kier molecular flexibility index (Phi) is 5.88. The van der Waals surface area contributed by atoms with E-state index in [-0.39, 0.29) is 0 Å². The maximum atomic E-state index is 11.9. The molecule has 1 unspecified atom stereocenters. The normalized spacial score (nSPS) is 12.3. The smallest absolute Gasteiger partial charge is 0.326 e. The van der Waals surface area contributed by atoms with Crippen molar-refractivity contribution in [1.29, 1.82) is 0 Å².